The third kappa shape index (κ3) is 7.57. The topological polar surface area (TPSA) is 77.0 Å². The monoisotopic (exact) mass is 552 g/mol. The van der Waals surface area contributed by atoms with Gasteiger partial charge in [-0.05, 0) is 90.5 Å². The number of hydrogen-bond donors (Lipinski definition) is 1. The first-order valence-electron chi connectivity index (χ1n) is 11.0. The Kier molecular flexibility index (Phi) is 8.80. The van der Waals surface area contributed by atoms with Crippen molar-refractivity contribution in [2.45, 2.75) is 6.61 Å². The number of carbonyl (C=O) groups excluding carboxylic acids is 2. The molecule has 0 atom stereocenters. The van der Waals surface area contributed by atoms with Crippen LogP contribution in [0.15, 0.2) is 96.1 Å². The van der Waals surface area contributed by atoms with Crippen LogP contribution in [0, 0.1) is 0 Å². The number of nitrogens with one attached hydrogen (secondary N) is 1. The number of carbonyl (C=O) groups is 2. The molecule has 0 saturated heterocycles. The number of halogens is 3. The van der Waals surface area contributed by atoms with Crippen LogP contribution in [0.4, 0.5) is 0 Å². The van der Waals surface area contributed by atoms with Crippen LogP contribution in [-0.4, -0.2) is 18.1 Å². The van der Waals surface area contributed by atoms with E-state index in [1.165, 1.54) is 6.21 Å². The van der Waals surface area contributed by atoms with Gasteiger partial charge in [-0.15, -0.1) is 0 Å². The Labute approximate surface area is 228 Å². The van der Waals surface area contributed by atoms with Gasteiger partial charge in [0.1, 0.15) is 18.1 Å². The predicted octanol–water partition coefficient (Wildman–Crippen LogP) is 7.21. The summed E-state index contributed by atoms with van der Waals surface area (Å²) in [5, 5.41) is 5.59. The van der Waals surface area contributed by atoms with Crippen molar-refractivity contribution in [2.24, 2.45) is 5.10 Å². The van der Waals surface area contributed by atoms with Crippen LogP contribution in [0.1, 0.15) is 31.8 Å². The predicted molar refractivity (Wildman–Crippen MR) is 145 cm³/mol. The molecule has 186 valence electrons. The lowest BCUT2D eigenvalue weighted by Gasteiger charge is -2.08. The number of rotatable bonds is 8. The molecule has 0 bridgehead atoms. The second kappa shape index (κ2) is 12.4. The maximum atomic E-state index is 12.4. The Morgan fingerprint density at radius 3 is 2.05 bits per heavy atom. The van der Waals surface area contributed by atoms with E-state index in [2.05, 4.69) is 10.5 Å². The summed E-state index contributed by atoms with van der Waals surface area (Å²) in [5.41, 5.74) is 4.79. The van der Waals surface area contributed by atoms with Crippen molar-refractivity contribution in [3.63, 3.8) is 0 Å². The van der Waals surface area contributed by atoms with E-state index in [-0.39, 0.29) is 12.5 Å². The van der Waals surface area contributed by atoms with Gasteiger partial charge in [0.25, 0.3) is 5.91 Å². The number of hydrazone groups is 1. The molecule has 9 heteroatoms. The molecule has 0 radical (unpaired) electrons. The van der Waals surface area contributed by atoms with Crippen LogP contribution >= 0.6 is 34.8 Å². The van der Waals surface area contributed by atoms with E-state index in [1.54, 1.807) is 91.0 Å². The molecule has 4 rings (SSSR count). The molecule has 0 unspecified atom stereocenters. The molecule has 6 nitrogen and oxygen atoms in total. The average molecular weight is 554 g/mol. The molecule has 0 fully saturated rings. The van der Waals surface area contributed by atoms with E-state index >= 15 is 0 Å². The zero-order valence-corrected chi connectivity index (χ0v) is 21.4. The largest absolute Gasteiger partial charge is 0.489 e. The standard InChI is InChI=1S/C28H19Cl3N2O4/c29-22-8-3-20(4-9-22)28(35)37-25-11-1-18(2-12-25)16-32-33-27(34)19-6-13-24(14-7-19)36-17-21-5-10-23(30)15-26(21)31/h1-16H,17H2,(H,33,34)/b32-16-. The fourth-order valence-corrected chi connectivity index (χ4v) is 3.70. The van der Waals surface area contributed by atoms with E-state index < -0.39 is 5.97 Å². The van der Waals surface area contributed by atoms with Gasteiger partial charge in [0.2, 0.25) is 0 Å². The van der Waals surface area contributed by atoms with Crippen molar-refractivity contribution < 1.29 is 19.1 Å². The maximum absolute atomic E-state index is 12.4. The second-order valence-corrected chi connectivity index (χ2v) is 8.99. The summed E-state index contributed by atoms with van der Waals surface area (Å²) in [6.07, 6.45) is 1.48. The van der Waals surface area contributed by atoms with Crippen molar-refractivity contribution in [1.29, 1.82) is 0 Å². The first-order valence-corrected chi connectivity index (χ1v) is 12.1. The van der Waals surface area contributed by atoms with E-state index in [4.69, 9.17) is 44.3 Å². The molecule has 37 heavy (non-hydrogen) atoms. The van der Waals surface area contributed by atoms with Gasteiger partial charge in [-0.25, -0.2) is 10.2 Å². The zero-order valence-electron chi connectivity index (χ0n) is 19.2. The minimum Gasteiger partial charge on any atom is -0.489 e. The number of ether oxygens (including phenoxy) is 2. The Bertz CT molecular complexity index is 1420. The molecule has 0 aliphatic heterocycles. The van der Waals surface area contributed by atoms with Crippen molar-refractivity contribution in [3.8, 4) is 11.5 Å². The first-order chi connectivity index (χ1) is 17.9. The molecular formula is C28H19Cl3N2O4. The van der Waals surface area contributed by atoms with E-state index in [0.29, 0.717) is 43.3 Å². The quantitative estimate of drug-likeness (QED) is 0.108. The molecule has 4 aromatic carbocycles. The molecule has 0 aromatic heterocycles. The maximum Gasteiger partial charge on any atom is 0.343 e. The summed E-state index contributed by atoms with van der Waals surface area (Å²) in [7, 11) is 0. The third-order valence-electron chi connectivity index (χ3n) is 5.08. The number of benzene rings is 4. The molecule has 1 amide bonds. The van der Waals surface area contributed by atoms with Gasteiger partial charge in [0, 0.05) is 26.2 Å². The summed E-state index contributed by atoms with van der Waals surface area (Å²) < 4.78 is 11.1. The van der Waals surface area contributed by atoms with Crippen LogP contribution in [0.3, 0.4) is 0 Å². The van der Waals surface area contributed by atoms with E-state index in [9.17, 15) is 9.59 Å². The molecule has 0 aliphatic rings. The third-order valence-corrected chi connectivity index (χ3v) is 5.92. The summed E-state index contributed by atoms with van der Waals surface area (Å²) in [4.78, 5) is 24.6. The van der Waals surface area contributed by atoms with Crippen LogP contribution < -0.4 is 14.9 Å². The Balaban J connectivity index is 1.26. The minimum atomic E-state index is -0.490. The second-order valence-electron chi connectivity index (χ2n) is 7.71. The fourth-order valence-electron chi connectivity index (χ4n) is 3.11. The molecule has 0 spiro atoms. The SMILES string of the molecule is O=C(N/N=C\c1ccc(OC(=O)c2ccc(Cl)cc2)cc1)c1ccc(OCc2ccc(Cl)cc2Cl)cc1. The average Bonchev–Trinajstić information content (AvgIpc) is 2.90. The van der Waals surface area contributed by atoms with Crippen molar-refractivity contribution in [2.75, 3.05) is 0 Å². The highest BCUT2D eigenvalue weighted by molar-refractivity contribution is 6.35. The van der Waals surface area contributed by atoms with Gasteiger partial charge in [-0.1, -0.05) is 40.9 Å². The highest BCUT2D eigenvalue weighted by atomic mass is 35.5. The number of hydrogen-bond acceptors (Lipinski definition) is 5. The van der Waals surface area contributed by atoms with Gasteiger partial charge in [-0.2, -0.15) is 5.10 Å². The molecule has 0 heterocycles. The molecule has 1 N–H and O–H groups in total. The minimum absolute atomic E-state index is 0.269. The van der Waals surface area contributed by atoms with Gasteiger partial charge >= 0.3 is 5.97 Å². The number of esters is 1. The summed E-state index contributed by atoms with van der Waals surface area (Å²) >= 11 is 17.9. The normalized spacial score (nSPS) is 10.8. The highest BCUT2D eigenvalue weighted by Crippen LogP contribution is 2.23. The summed E-state index contributed by atoms with van der Waals surface area (Å²) in [6, 6.07) is 24.9. The number of nitrogens with zero attached hydrogens (tertiary/aromatic N) is 1. The van der Waals surface area contributed by atoms with Crippen molar-refractivity contribution in [3.05, 3.63) is 128 Å². The lowest BCUT2D eigenvalue weighted by atomic mass is 10.2. The molecule has 4 aromatic rings. The van der Waals surface area contributed by atoms with Crippen molar-refractivity contribution >= 4 is 52.9 Å². The molecule has 0 aliphatic carbocycles. The summed E-state index contributed by atoms with van der Waals surface area (Å²) in [6.45, 7) is 0.269. The Hall–Kier alpha value is -3.84. The van der Waals surface area contributed by atoms with Crippen LogP contribution in [0.25, 0.3) is 0 Å². The van der Waals surface area contributed by atoms with Gasteiger partial charge in [-0.3, -0.25) is 4.79 Å². The number of amides is 1. The fraction of sp³-hybridized carbons (Fsp3) is 0.0357. The van der Waals surface area contributed by atoms with Crippen molar-refractivity contribution in [1.82, 2.24) is 5.43 Å². The zero-order chi connectivity index (χ0) is 26.2. The smallest absolute Gasteiger partial charge is 0.343 e. The summed E-state index contributed by atoms with van der Waals surface area (Å²) in [5.74, 6) is 0.0947. The van der Waals surface area contributed by atoms with Gasteiger partial charge < -0.3 is 9.47 Å². The Morgan fingerprint density at radius 2 is 1.38 bits per heavy atom. The Morgan fingerprint density at radius 1 is 0.757 bits per heavy atom. The highest BCUT2D eigenvalue weighted by Gasteiger charge is 2.09. The lowest BCUT2D eigenvalue weighted by Crippen LogP contribution is -2.17. The lowest BCUT2D eigenvalue weighted by molar-refractivity contribution is 0.0734. The van der Waals surface area contributed by atoms with E-state index in [0.717, 1.165) is 5.56 Å². The van der Waals surface area contributed by atoms with Crippen LogP contribution in [-0.2, 0) is 6.61 Å². The molecule has 0 saturated carbocycles. The van der Waals surface area contributed by atoms with Crippen LogP contribution in [0.5, 0.6) is 11.5 Å². The van der Waals surface area contributed by atoms with Gasteiger partial charge in [0.15, 0.2) is 0 Å². The van der Waals surface area contributed by atoms with Gasteiger partial charge in [0.05, 0.1) is 11.8 Å². The molecular weight excluding hydrogens is 535 g/mol. The van der Waals surface area contributed by atoms with Crippen LogP contribution in [0.2, 0.25) is 15.1 Å². The first kappa shape index (κ1) is 26.2. The van der Waals surface area contributed by atoms with E-state index in [1.807, 2.05) is 0 Å².